The maximum atomic E-state index is 6.78. The SMILES string of the molecule is CC(=CCO[Si](c1ccccc1)(c1ccccc1)C(C)(C)C)CBr. The molecule has 0 unspecified atom stereocenters. The maximum absolute atomic E-state index is 6.78. The lowest BCUT2D eigenvalue weighted by atomic mass is 10.2. The number of benzene rings is 2. The molecule has 0 heterocycles. The van der Waals surface area contributed by atoms with Gasteiger partial charge in [0.2, 0.25) is 0 Å². The molecule has 0 radical (unpaired) electrons. The van der Waals surface area contributed by atoms with E-state index in [1.165, 1.54) is 15.9 Å². The van der Waals surface area contributed by atoms with Crippen molar-refractivity contribution in [3.8, 4) is 0 Å². The molecule has 3 heteroatoms. The molecule has 24 heavy (non-hydrogen) atoms. The topological polar surface area (TPSA) is 9.23 Å². The molecule has 2 aromatic rings. The minimum absolute atomic E-state index is 0.0336. The predicted molar refractivity (Wildman–Crippen MR) is 111 cm³/mol. The van der Waals surface area contributed by atoms with Gasteiger partial charge in [-0.15, -0.1) is 0 Å². The van der Waals surface area contributed by atoms with Crippen LogP contribution in [-0.2, 0) is 4.43 Å². The van der Waals surface area contributed by atoms with Crippen LogP contribution in [0, 0.1) is 0 Å². The van der Waals surface area contributed by atoms with Gasteiger partial charge in [0.25, 0.3) is 8.32 Å². The standard InChI is InChI=1S/C21H27BrOSi/c1-18(17-22)15-16-23-24(21(2,3)4,19-11-7-5-8-12-19)20-13-9-6-10-14-20/h5-15H,16-17H2,1-4H3. The molecule has 0 saturated heterocycles. The Hall–Kier alpha value is -1.16. The van der Waals surface area contributed by atoms with E-state index in [0.717, 1.165) is 5.33 Å². The molecule has 0 aliphatic carbocycles. The summed E-state index contributed by atoms with van der Waals surface area (Å²) in [5.74, 6) is 0. The van der Waals surface area contributed by atoms with Crippen molar-refractivity contribution in [3.63, 3.8) is 0 Å². The van der Waals surface area contributed by atoms with Crippen LogP contribution in [0.2, 0.25) is 5.04 Å². The smallest absolute Gasteiger partial charge is 0.261 e. The first-order chi connectivity index (χ1) is 11.4. The van der Waals surface area contributed by atoms with Crippen molar-refractivity contribution in [2.75, 3.05) is 11.9 Å². The van der Waals surface area contributed by atoms with E-state index < -0.39 is 8.32 Å². The van der Waals surface area contributed by atoms with E-state index in [0.29, 0.717) is 6.61 Å². The molecule has 0 aliphatic rings. The lowest BCUT2D eigenvalue weighted by Gasteiger charge is -2.42. The second kappa shape index (κ2) is 8.28. The summed E-state index contributed by atoms with van der Waals surface area (Å²) in [7, 11) is -2.39. The molecule has 0 N–H and O–H groups in total. The van der Waals surface area contributed by atoms with Crippen LogP contribution >= 0.6 is 15.9 Å². The van der Waals surface area contributed by atoms with E-state index in [9.17, 15) is 0 Å². The van der Waals surface area contributed by atoms with Crippen molar-refractivity contribution in [1.29, 1.82) is 0 Å². The van der Waals surface area contributed by atoms with Crippen LogP contribution in [0.3, 0.4) is 0 Å². The predicted octanol–water partition coefficient (Wildman–Crippen LogP) is 4.90. The van der Waals surface area contributed by atoms with Crippen LogP contribution in [0.5, 0.6) is 0 Å². The monoisotopic (exact) mass is 402 g/mol. The molecule has 0 bridgehead atoms. The summed E-state index contributed by atoms with van der Waals surface area (Å²) in [6, 6.07) is 21.5. The van der Waals surface area contributed by atoms with Crippen LogP contribution in [-0.4, -0.2) is 20.3 Å². The van der Waals surface area contributed by atoms with Crippen LogP contribution < -0.4 is 10.4 Å². The Morgan fingerprint density at radius 1 is 0.958 bits per heavy atom. The Kier molecular flexibility index (Phi) is 6.61. The fraction of sp³-hybridized carbons (Fsp3) is 0.333. The third kappa shape index (κ3) is 4.08. The largest absolute Gasteiger partial charge is 0.404 e. The molecule has 0 amide bonds. The molecule has 0 spiro atoms. The van der Waals surface area contributed by atoms with E-state index in [-0.39, 0.29) is 5.04 Å². The summed E-state index contributed by atoms with van der Waals surface area (Å²) < 4.78 is 6.78. The molecule has 0 fully saturated rings. The van der Waals surface area contributed by atoms with Crippen LogP contribution in [0.25, 0.3) is 0 Å². The van der Waals surface area contributed by atoms with E-state index in [1.54, 1.807) is 0 Å². The van der Waals surface area contributed by atoms with Crippen LogP contribution in [0.1, 0.15) is 27.7 Å². The van der Waals surface area contributed by atoms with Crippen molar-refractivity contribution >= 4 is 34.6 Å². The quantitative estimate of drug-likeness (QED) is 0.379. The van der Waals surface area contributed by atoms with Gasteiger partial charge in [0.1, 0.15) is 0 Å². The molecule has 0 saturated carbocycles. The van der Waals surface area contributed by atoms with Gasteiger partial charge in [-0.05, 0) is 22.3 Å². The zero-order chi connectivity index (χ0) is 17.6. The normalized spacial score (nSPS) is 13.1. The molecule has 128 valence electrons. The maximum Gasteiger partial charge on any atom is 0.261 e. The lowest BCUT2D eigenvalue weighted by Crippen LogP contribution is -2.66. The van der Waals surface area contributed by atoms with Crippen molar-refractivity contribution in [1.82, 2.24) is 0 Å². The number of rotatable bonds is 6. The Morgan fingerprint density at radius 2 is 1.42 bits per heavy atom. The van der Waals surface area contributed by atoms with Gasteiger partial charge in [-0.2, -0.15) is 0 Å². The number of hydrogen-bond acceptors (Lipinski definition) is 1. The average molecular weight is 403 g/mol. The summed E-state index contributed by atoms with van der Waals surface area (Å²) in [5.41, 5.74) is 1.30. The molecule has 0 aliphatic heterocycles. The van der Waals surface area contributed by atoms with Gasteiger partial charge in [-0.25, -0.2) is 0 Å². The Labute approximate surface area is 156 Å². The molecule has 0 atom stereocenters. The molecule has 1 nitrogen and oxygen atoms in total. The fourth-order valence-electron chi connectivity index (χ4n) is 3.13. The van der Waals surface area contributed by atoms with Gasteiger partial charge in [-0.3, -0.25) is 0 Å². The fourth-order valence-corrected chi connectivity index (χ4v) is 7.84. The Bertz CT molecular complexity index is 620. The van der Waals surface area contributed by atoms with Crippen molar-refractivity contribution in [2.45, 2.75) is 32.7 Å². The highest BCUT2D eigenvalue weighted by Gasteiger charge is 2.49. The van der Waals surface area contributed by atoms with Gasteiger partial charge in [0.05, 0.1) is 6.61 Å². The summed E-state index contributed by atoms with van der Waals surface area (Å²) in [4.78, 5) is 0. The molecular formula is C21H27BrOSi. The number of hydrogen-bond donors (Lipinski definition) is 0. The zero-order valence-electron chi connectivity index (χ0n) is 15.1. The number of halogens is 1. The van der Waals surface area contributed by atoms with Crippen molar-refractivity contribution in [2.24, 2.45) is 0 Å². The Morgan fingerprint density at radius 3 is 1.79 bits per heavy atom. The van der Waals surface area contributed by atoms with Crippen LogP contribution in [0.15, 0.2) is 72.3 Å². The minimum atomic E-state index is -2.39. The highest BCUT2D eigenvalue weighted by Crippen LogP contribution is 2.36. The van der Waals surface area contributed by atoms with Gasteiger partial charge < -0.3 is 4.43 Å². The van der Waals surface area contributed by atoms with Gasteiger partial charge in [-0.1, -0.05) is 109 Å². The zero-order valence-corrected chi connectivity index (χ0v) is 17.6. The summed E-state index contributed by atoms with van der Waals surface area (Å²) in [6.45, 7) is 9.69. The highest BCUT2D eigenvalue weighted by atomic mass is 79.9. The van der Waals surface area contributed by atoms with E-state index >= 15 is 0 Å². The first-order valence-electron chi connectivity index (χ1n) is 8.38. The van der Waals surface area contributed by atoms with Crippen LogP contribution in [0.4, 0.5) is 0 Å². The Balaban J connectivity index is 2.57. The first kappa shape index (κ1) is 19.2. The number of allylic oxidation sites excluding steroid dienone is 1. The second-order valence-corrected chi connectivity index (χ2v) is 12.0. The summed E-state index contributed by atoms with van der Waals surface area (Å²) >= 11 is 3.51. The van der Waals surface area contributed by atoms with Crippen molar-refractivity contribution < 1.29 is 4.43 Å². The highest BCUT2D eigenvalue weighted by molar-refractivity contribution is 9.09. The minimum Gasteiger partial charge on any atom is -0.404 e. The summed E-state index contributed by atoms with van der Waals surface area (Å²) in [6.07, 6.45) is 2.19. The van der Waals surface area contributed by atoms with E-state index in [1.807, 2.05) is 0 Å². The molecule has 2 aromatic carbocycles. The third-order valence-electron chi connectivity index (χ3n) is 4.36. The van der Waals surface area contributed by atoms with Crippen molar-refractivity contribution in [3.05, 3.63) is 72.3 Å². The number of alkyl halides is 1. The molecule has 2 rings (SSSR count). The van der Waals surface area contributed by atoms with Gasteiger partial charge in [0.15, 0.2) is 0 Å². The van der Waals surface area contributed by atoms with E-state index in [4.69, 9.17) is 4.43 Å². The molecule has 0 aromatic heterocycles. The molecular weight excluding hydrogens is 376 g/mol. The van der Waals surface area contributed by atoms with Gasteiger partial charge in [0, 0.05) is 5.33 Å². The second-order valence-electron chi connectivity index (χ2n) is 7.16. The summed E-state index contributed by atoms with van der Waals surface area (Å²) in [5, 5.41) is 3.57. The average Bonchev–Trinajstić information content (AvgIpc) is 2.59. The van der Waals surface area contributed by atoms with Gasteiger partial charge >= 0.3 is 0 Å². The lowest BCUT2D eigenvalue weighted by molar-refractivity contribution is 0.338. The van der Waals surface area contributed by atoms with E-state index in [2.05, 4.69) is 110 Å². The third-order valence-corrected chi connectivity index (χ3v) is 10.2. The first-order valence-corrected chi connectivity index (χ1v) is 11.4.